The molecule has 4 nitrogen and oxygen atoms in total. The summed E-state index contributed by atoms with van der Waals surface area (Å²) in [4.78, 5) is 0.292. The van der Waals surface area contributed by atoms with Crippen LogP contribution in [-0.2, 0) is 10.0 Å². The number of sulfonamides is 1. The van der Waals surface area contributed by atoms with E-state index in [9.17, 15) is 8.42 Å². The fourth-order valence-electron chi connectivity index (χ4n) is 2.96. The lowest BCUT2D eigenvalue weighted by Gasteiger charge is -2.35. The molecule has 0 radical (unpaired) electrons. The zero-order valence-corrected chi connectivity index (χ0v) is 13.3. The van der Waals surface area contributed by atoms with Crippen molar-refractivity contribution in [3.63, 3.8) is 0 Å². The summed E-state index contributed by atoms with van der Waals surface area (Å²) >= 11 is 0. The maximum Gasteiger partial charge on any atom is 0.243 e. The Hall–Kier alpha value is -1.07. The number of benzene rings is 1. The third-order valence-electron chi connectivity index (χ3n) is 4.46. The van der Waals surface area contributed by atoms with Gasteiger partial charge in [-0.15, -0.1) is 0 Å². The first-order valence-corrected chi connectivity index (χ1v) is 8.62. The van der Waals surface area contributed by atoms with Gasteiger partial charge >= 0.3 is 0 Å². The van der Waals surface area contributed by atoms with Crippen molar-refractivity contribution in [2.75, 3.05) is 12.8 Å². The van der Waals surface area contributed by atoms with E-state index in [1.54, 1.807) is 29.6 Å². The van der Waals surface area contributed by atoms with Gasteiger partial charge in [-0.3, -0.25) is 0 Å². The van der Waals surface area contributed by atoms with Gasteiger partial charge in [-0.05, 0) is 43.4 Å². The molecule has 0 saturated heterocycles. The zero-order valence-electron chi connectivity index (χ0n) is 12.5. The summed E-state index contributed by atoms with van der Waals surface area (Å²) < 4.78 is 27.0. The Bertz CT molecular complexity index is 584. The molecule has 0 spiro atoms. The molecule has 0 heterocycles. The number of rotatable bonds is 3. The number of nitrogen functional groups attached to an aromatic ring is 1. The summed E-state index contributed by atoms with van der Waals surface area (Å²) in [7, 11) is -1.77. The van der Waals surface area contributed by atoms with E-state index < -0.39 is 10.0 Å². The Morgan fingerprint density at radius 1 is 1.25 bits per heavy atom. The number of nitrogens with zero attached hydrogens (tertiary/aromatic N) is 1. The molecule has 0 bridgehead atoms. The highest BCUT2D eigenvalue weighted by Crippen LogP contribution is 2.31. The molecule has 2 N–H and O–H groups in total. The van der Waals surface area contributed by atoms with E-state index in [1.165, 1.54) is 6.42 Å². The van der Waals surface area contributed by atoms with Gasteiger partial charge < -0.3 is 5.73 Å². The smallest absolute Gasteiger partial charge is 0.243 e. The lowest BCUT2D eigenvalue weighted by Crippen LogP contribution is -2.42. The predicted octanol–water partition coefficient (Wildman–Crippen LogP) is 2.78. The fourth-order valence-corrected chi connectivity index (χ4v) is 4.48. The van der Waals surface area contributed by atoms with Crippen molar-refractivity contribution in [1.82, 2.24) is 4.31 Å². The second kappa shape index (κ2) is 5.74. The molecule has 112 valence electrons. The molecule has 1 aromatic rings. The highest BCUT2D eigenvalue weighted by atomic mass is 32.2. The Kier molecular flexibility index (Phi) is 4.39. The number of hydrogen-bond acceptors (Lipinski definition) is 3. The Morgan fingerprint density at radius 2 is 1.90 bits per heavy atom. The fraction of sp³-hybridized carbons (Fsp3) is 0.600. The van der Waals surface area contributed by atoms with Gasteiger partial charge in [0.2, 0.25) is 10.0 Å². The van der Waals surface area contributed by atoms with Crippen molar-refractivity contribution in [3.8, 4) is 0 Å². The molecule has 1 saturated carbocycles. The summed E-state index contributed by atoms with van der Waals surface area (Å²) in [5.74, 6) is 0.409. The molecule has 0 amide bonds. The third kappa shape index (κ3) is 2.83. The van der Waals surface area contributed by atoms with Crippen molar-refractivity contribution >= 4 is 15.7 Å². The predicted molar refractivity (Wildman–Crippen MR) is 82.0 cm³/mol. The van der Waals surface area contributed by atoms with E-state index in [2.05, 4.69) is 6.92 Å². The van der Waals surface area contributed by atoms with Gasteiger partial charge in [-0.1, -0.05) is 25.8 Å². The van der Waals surface area contributed by atoms with Crippen LogP contribution in [0, 0.1) is 12.8 Å². The molecule has 1 aromatic carbocycles. The second-order valence-corrected chi connectivity index (χ2v) is 7.87. The van der Waals surface area contributed by atoms with Gasteiger partial charge in [0.15, 0.2) is 0 Å². The maximum atomic E-state index is 12.7. The average molecular weight is 296 g/mol. The molecule has 1 aliphatic rings. The molecule has 2 rings (SSSR count). The van der Waals surface area contributed by atoms with Crippen molar-refractivity contribution in [1.29, 1.82) is 0 Å². The van der Waals surface area contributed by atoms with Crippen LogP contribution in [0.4, 0.5) is 5.69 Å². The van der Waals surface area contributed by atoms with Crippen LogP contribution in [0.2, 0.25) is 0 Å². The largest absolute Gasteiger partial charge is 0.398 e. The molecular formula is C15H24N2O2S. The van der Waals surface area contributed by atoms with Crippen LogP contribution < -0.4 is 5.73 Å². The van der Waals surface area contributed by atoms with Gasteiger partial charge in [-0.25, -0.2) is 8.42 Å². The van der Waals surface area contributed by atoms with Crippen molar-refractivity contribution < 1.29 is 8.42 Å². The molecule has 2 atom stereocenters. The maximum absolute atomic E-state index is 12.7. The van der Waals surface area contributed by atoms with Gasteiger partial charge in [0, 0.05) is 18.8 Å². The highest BCUT2D eigenvalue weighted by molar-refractivity contribution is 7.89. The lowest BCUT2D eigenvalue weighted by atomic mass is 9.86. The summed E-state index contributed by atoms with van der Waals surface area (Å²) in [6.07, 6.45) is 4.34. The summed E-state index contributed by atoms with van der Waals surface area (Å²) in [6, 6.07) is 5.07. The molecule has 20 heavy (non-hydrogen) atoms. The van der Waals surface area contributed by atoms with Gasteiger partial charge in [0.05, 0.1) is 4.90 Å². The molecular weight excluding hydrogens is 272 g/mol. The van der Waals surface area contributed by atoms with Crippen molar-refractivity contribution in [2.24, 2.45) is 5.92 Å². The second-order valence-electron chi connectivity index (χ2n) is 5.87. The van der Waals surface area contributed by atoms with Crippen molar-refractivity contribution in [2.45, 2.75) is 50.5 Å². The van der Waals surface area contributed by atoms with Gasteiger partial charge in [0.25, 0.3) is 0 Å². The first kappa shape index (κ1) is 15.3. The summed E-state index contributed by atoms with van der Waals surface area (Å²) in [6.45, 7) is 4.01. The van der Waals surface area contributed by atoms with Crippen LogP contribution in [-0.4, -0.2) is 25.8 Å². The minimum atomic E-state index is -3.46. The summed E-state index contributed by atoms with van der Waals surface area (Å²) in [5.41, 5.74) is 7.27. The lowest BCUT2D eigenvalue weighted by molar-refractivity contribution is 0.213. The van der Waals surface area contributed by atoms with E-state index in [0.29, 0.717) is 16.5 Å². The van der Waals surface area contributed by atoms with Crippen LogP contribution >= 0.6 is 0 Å². The molecule has 2 unspecified atom stereocenters. The molecule has 0 aromatic heterocycles. The Balaban J connectivity index is 2.31. The van der Waals surface area contributed by atoms with Crippen LogP contribution in [0.15, 0.2) is 23.1 Å². The summed E-state index contributed by atoms with van der Waals surface area (Å²) in [5, 5.41) is 0. The first-order valence-electron chi connectivity index (χ1n) is 7.18. The Labute approximate surface area is 122 Å². The minimum absolute atomic E-state index is 0.0938. The van der Waals surface area contributed by atoms with Crippen molar-refractivity contribution in [3.05, 3.63) is 23.8 Å². The number of nitrogens with two attached hydrogens (primary N) is 1. The molecule has 1 aliphatic carbocycles. The van der Waals surface area contributed by atoms with Gasteiger partial charge in [-0.2, -0.15) is 4.31 Å². The Morgan fingerprint density at radius 3 is 2.50 bits per heavy atom. The van der Waals surface area contributed by atoms with Crippen LogP contribution in [0.5, 0.6) is 0 Å². The normalized spacial score (nSPS) is 24.0. The van der Waals surface area contributed by atoms with Crippen LogP contribution in [0.3, 0.4) is 0 Å². The highest BCUT2D eigenvalue weighted by Gasteiger charge is 2.33. The monoisotopic (exact) mass is 296 g/mol. The SMILES string of the molecule is Cc1ccc(S(=O)(=O)N(C)C2CCCCC2C)cc1N. The first-order chi connectivity index (χ1) is 9.34. The van der Waals surface area contributed by atoms with E-state index in [-0.39, 0.29) is 6.04 Å². The topological polar surface area (TPSA) is 63.4 Å². The number of hydrogen-bond donors (Lipinski definition) is 1. The van der Waals surface area contributed by atoms with Gasteiger partial charge in [0.1, 0.15) is 0 Å². The van der Waals surface area contributed by atoms with E-state index >= 15 is 0 Å². The van der Waals surface area contributed by atoms with E-state index in [1.807, 2.05) is 6.92 Å². The molecule has 0 aliphatic heterocycles. The quantitative estimate of drug-likeness (QED) is 0.872. The standard InChI is InChI=1S/C15H24N2O2S/c1-11-8-9-13(10-14(11)16)20(18,19)17(3)15-7-5-4-6-12(15)2/h8-10,12,15H,4-7,16H2,1-3H3. The number of aryl methyl sites for hydroxylation is 1. The third-order valence-corrected chi connectivity index (χ3v) is 6.34. The average Bonchev–Trinajstić information content (AvgIpc) is 2.41. The zero-order chi connectivity index (χ0) is 14.9. The molecule has 5 heteroatoms. The minimum Gasteiger partial charge on any atom is -0.398 e. The molecule has 1 fully saturated rings. The van der Waals surface area contributed by atoms with Crippen LogP contribution in [0.1, 0.15) is 38.2 Å². The van der Waals surface area contributed by atoms with Crippen LogP contribution in [0.25, 0.3) is 0 Å². The number of anilines is 1. The van der Waals surface area contributed by atoms with E-state index in [0.717, 1.165) is 24.8 Å². The van der Waals surface area contributed by atoms with E-state index in [4.69, 9.17) is 5.73 Å².